The van der Waals surface area contributed by atoms with Crippen molar-refractivity contribution in [3.63, 3.8) is 0 Å². The Balaban J connectivity index is 3.39. The van der Waals surface area contributed by atoms with Gasteiger partial charge < -0.3 is 0 Å². The summed E-state index contributed by atoms with van der Waals surface area (Å²) in [6.07, 6.45) is 0. The zero-order chi connectivity index (χ0) is 12.6. The molecule has 1 aromatic carbocycles. The molecule has 0 amide bonds. The molecule has 0 aliphatic rings. The fourth-order valence-corrected chi connectivity index (χ4v) is 2.05. The molecule has 0 aliphatic heterocycles. The molecule has 86 valence electrons. The Labute approximate surface area is 103 Å². The number of hydrogen-bond donors (Lipinski definition) is 0. The van der Waals surface area contributed by atoms with E-state index in [2.05, 4.69) is 69.6 Å². The summed E-state index contributed by atoms with van der Waals surface area (Å²) in [7, 11) is 3.50. The molecule has 0 heterocycles. The zero-order valence-corrected chi connectivity index (χ0v) is 12.3. The lowest BCUT2D eigenvalue weighted by Gasteiger charge is -2.26. The summed E-state index contributed by atoms with van der Waals surface area (Å²) in [6, 6.07) is 6.77. The van der Waals surface area contributed by atoms with Crippen molar-refractivity contribution in [1.29, 1.82) is 0 Å². The molecule has 0 aliphatic carbocycles. The van der Waals surface area contributed by atoms with E-state index in [1.54, 1.807) is 0 Å². The maximum atomic E-state index is 3.50. The van der Waals surface area contributed by atoms with Crippen LogP contribution in [0.1, 0.15) is 58.2 Å². The molecule has 1 rings (SSSR count). The van der Waals surface area contributed by atoms with Crippen molar-refractivity contribution in [3.8, 4) is 0 Å². The van der Waals surface area contributed by atoms with Crippen molar-refractivity contribution < 1.29 is 0 Å². The maximum absolute atomic E-state index is 3.50. The van der Waals surface area contributed by atoms with Gasteiger partial charge in [-0.1, -0.05) is 65.4 Å². The SMILES string of the molecule is CC(C)(C)c1ccc(C=[Si])c(C(C)(C)C)c1. The van der Waals surface area contributed by atoms with Gasteiger partial charge in [0, 0.05) is 9.85 Å². The molecule has 0 saturated carbocycles. The molecule has 0 nitrogen and oxygen atoms in total. The predicted octanol–water partition coefficient (Wildman–Crippen LogP) is 3.60. The van der Waals surface area contributed by atoms with E-state index in [1.165, 1.54) is 16.7 Å². The first kappa shape index (κ1) is 13.4. The molecular weight excluding hydrogens is 208 g/mol. The van der Waals surface area contributed by atoms with Gasteiger partial charge in [-0.15, -0.1) is 0 Å². The lowest BCUT2D eigenvalue weighted by Crippen LogP contribution is -2.18. The highest BCUT2D eigenvalue weighted by Crippen LogP contribution is 2.30. The standard InChI is InChI=1S/C15H22Si/c1-14(2,3)12-8-7-11(10-16)13(9-12)15(4,5)6/h7-10H,1-6H3. The van der Waals surface area contributed by atoms with E-state index in [-0.39, 0.29) is 10.8 Å². The molecule has 0 unspecified atom stereocenters. The lowest BCUT2D eigenvalue weighted by atomic mass is 9.79. The Morgan fingerprint density at radius 1 is 0.938 bits per heavy atom. The van der Waals surface area contributed by atoms with Crippen LogP contribution in [0.4, 0.5) is 0 Å². The van der Waals surface area contributed by atoms with Crippen LogP contribution in [0.25, 0.3) is 0 Å². The highest BCUT2D eigenvalue weighted by molar-refractivity contribution is 6.33. The van der Waals surface area contributed by atoms with Gasteiger partial charge in [-0.3, -0.25) is 0 Å². The molecule has 1 aromatic rings. The molecule has 0 N–H and O–H groups in total. The van der Waals surface area contributed by atoms with Gasteiger partial charge >= 0.3 is 0 Å². The average Bonchev–Trinajstić information content (AvgIpc) is 2.14. The van der Waals surface area contributed by atoms with E-state index in [0.29, 0.717) is 0 Å². The van der Waals surface area contributed by atoms with Crippen molar-refractivity contribution in [2.75, 3.05) is 0 Å². The minimum absolute atomic E-state index is 0.180. The largest absolute Gasteiger partial charge is 0.0734 e. The highest BCUT2D eigenvalue weighted by Gasteiger charge is 2.20. The fraction of sp³-hybridized carbons (Fsp3) is 0.533. The molecule has 2 radical (unpaired) electrons. The monoisotopic (exact) mass is 230 g/mol. The van der Waals surface area contributed by atoms with Crippen molar-refractivity contribution in [2.45, 2.75) is 52.4 Å². The average molecular weight is 230 g/mol. The third kappa shape index (κ3) is 2.91. The second-order valence-electron chi connectivity index (χ2n) is 6.45. The van der Waals surface area contributed by atoms with Crippen LogP contribution in [-0.4, -0.2) is 15.5 Å². The second kappa shape index (κ2) is 4.29. The summed E-state index contributed by atoms with van der Waals surface area (Å²) in [6.45, 7) is 13.5. The topological polar surface area (TPSA) is 0 Å². The molecule has 1 heteroatoms. The quantitative estimate of drug-likeness (QED) is 0.647. The van der Waals surface area contributed by atoms with Gasteiger partial charge in [0.05, 0.1) is 0 Å². The van der Waals surface area contributed by atoms with Crippen LogP contribution < -0.4 is 0 Å². The van der Waals surface area contributed by atoms with Gasteiger partial charge in [-0.05, 0) is 27.5 Å². The number of rotatable bonds is 1. The first-order valence-electron chi connectivity index (χ1n) is 5.82. The van der Waals surface area contributed by atoms with Crippen LogP contribution in [0.15, 0.2) is 18.2 Å². The third-order valence-electron chi connectivity index (χ3n) is 2.88. The van der Waals surface area contributed by atoms with Gasteiger partial charge in [0.1, 0.15) is 0 Å². The van der Waals surface area contributed by atoms with E-state index in [4.69, 9.17) is 0 Å². The van der Waals surface area contributed by atoms with Crippen LogP contribution in [0.5, 0.6) is 0 Å². The van der Waals surface area contributed by atoms with Crippen LogP contribution in [0.3, 0.4) is 0 Å². The molecule has 0 aromatic heterocycles. The van der Waals surface area contributed by atoms with E-state index >= 15 is 0 Å². The predicted molar refractivity (Wildman–Crippen MR) is 74.8 cm³/mol. The minimum atomic E-state index is 0.180. The van der Waals surface area contributed by atoms with E-state index in [1.807, 2.05) is 5.67 Å². The lowest BCUT2D eigenvalue weighted by molar-refractivity contribution is 0.568. The van der Waals surface area contributed by atoms with E-state index < -0.39 is 0 Å². The fourth-order valence-electron chi connectivity index (χ4n) is 1.80. The molecule has 0 saturated heterocycles. The van der Waals surface area contributed by atoms with Crippen molar-refractivity contribution in [3.05, 3.63) is 34.9 Å². The Morgan fingerprint density at radius 2 is 1.50 bits per heavy atom. The Bertz CT molecular complexity index is 389. The van der Waals surface area contributed by atoms with Gasteiger partial charge in [0.15, 0.2) is 0 Å². The zero-order valence-electron chi connectivity index (χ0n) is 11.3. The summed E-state index contributed by atoms with van der Waals surface area (Å²) in [5.74, 6) is 0. The second-order valence-corrected chi connectivity index (χ2v) is 6.74. The van der Waals surface area contributed by atoms with Crippen LogP contribution in [0, 0.1) is 0 Å². The van der Waals surface area contributed by atoms with Crippen LogP contribution in [0.2, 0.25) is 0 Å². The molecule has 16 heavy (non-hydrogen) atoms. The van der Waals surface area contributed by atoms with Crippen LogP contribution in [-0.2, 0) is 10.8 Å². The Hall–Kier alpha value is -0.693. The van der Waals surface area contributed by atoms with Gasteiger partial charge in [-0.25, -0.2) is 0 Å². The normalized spacial score (nSPS) is 12.6. The summed E-state index contributed by atoms with van der Waals surface area (Å²) in [5.41, 5.74) is 6.47. The van der Waals surface area contributed by atoms with E-state index in [0.717, 1.165) is 0 Å². The highest BCUT2D eigenvalue weighted by atomic mass is 28.1. The van der Waals surface area contributed by atoms with Gasteiger partial charge in [0.25, 0.3) is 0 Å². The van der Waals surface area contributed by atoms with Crippen molar-refractivity contribution in [1.82, 2.24) is 0 Å². The Morgan fingerprint density at radius 3 is 1.88 bits per heavy atom. The number of benzene rings is 1. The third-order valence-corrected chi connectivity index (χ3v) is 3.19. The van der Waals surface area contributed by atoms with Gasteiger partial charge in [0.2, 0.25) is 0 Å². The van der Waals surface area contributed by atoms with E-state index in [9.17, 15) is 0 Å². The molecule has 0 atom stereocenters. The summed E-state index contributed by atoms with van der Waals surface area (Å²) in [5, 5.41) is 0. The Kier molecular flexibility index (Phi) is 3.58. The summed E-state index contributed by atoms with van der Waals surface area (Å²) in [4.78, 5) is 0. The van der Waals surface area contributed by atoms with Crippen LogP contribution >= 0.6 is 0 Å². The molecular formula is C15H22Si. The minimum Gasteiger partial charge on any atom is -0.0734 e. The van der Waals surface area contributed by atoms with Gasteiger partial charge in [-0.2, -0.15) is 0 Å². The first-order chi connectivity index (χ1) is 7.16. The van der Waals surface area contributed by atoms with Crippen molar-refractivity contribution in [2.24, 2.45) is 0 Å². The number of hydrogen-bond acceptors (Lipinski definition) is 0. The molecule has 0 spiro atoms. The molecule has 0 bridgehead atoms. The van der Waals surface area contributed by atoms with Crippen molar-refractivity contribution >= 4 is 15.5 Å². The smallest absolute Gasteiger partial charge is 0.0303 e. The molecule has 0 fully saturated rings. The summed E-state index contributed by atoms with van der Waals surface area (Å²) >= 11 is 0. The first-order valence-corrected chi connectivity index (χ1v) is 6.39. The maximum Gasteiger partial charge on any atom is 0.0303 e. The summed E-state index contributed by atoms with van der Waals surface area (Å²) < 4.78 is 0.